The number of hydrogen-bond acceptors (Lipinski definition) is 8. The van der Waals surface area contributed by atoms with E-state index in [1.54, 1.807) is 19.1 Å². The van der Waals surface area contributed by atoms with Gasteiger partial charge in [-0.3, -0.25) is 14.4 Å². The summed E-state index contributed by atoms with van der Waals surface area (Å²) in [6, 6.07) is 0. The van der Waals surface area contributed by atoms with Crippen LogP contribution in [0.5, 0.6) is 0 Å². The van der Waals surface area contributed by atoms with Crippen molar-refractivity contribution >= 4 is 23.9 Å². The van der Waals surface area contributed by atoms with Gasteiger partial charge in [0.2, 0.25) is 0 Å². The Kier molecular flexibility index (Phi) is 8.27. The first-order valence-electron chi connectivity index (χ1n) is 7.97. The summed E-state index contributed by atoms with van der Waals surface area (Å²) < 4.78 is 20.3. The van der Waals surface area contributed by atoms with Gasteiger partial charge >= 0.3 is 23.9 Å². The standard InChI is InChI=1S/C18H22O8/c1-11(23-12(2)19)17(25-14(4)21)10-16(24-13(3)20)7-5-6-15-8-9-18(22)26-15/h5-9,11,16-17H,10H2,1-4H3/b7-5-,15-6+/t11-,16+,17+/m0/s1. The van der Waals surface area contributed by atoms with Crippen LogP contribution in [0.25, 0.3) is 0 Å². The van der Waals surface area contributed by atoms with Crippen LogP contribution in [0.1, 0.15) is 34.1 Å². The lowest BCUT2D eigenvalue weighted by atomic mass is 10.1. The van der Waals surface area contributed by atoms with Crippen molar-refractivity contribution in [1.29, 1.82) is 0 Å². The summed E-state index contributed by atoms with van der Waals surface area (Å²) in [7, 11) is 0. The molecule has 0 aromatic rings. The van der Waals surface area contributed by atoms with Gasteiger partial charge in [0.15, 0.2) is 0 Å². The van der Waals surface area contributed by atoms with Gasteiger partial charge in [0, 0.05) is 33.3 Å². The third-order valence-electron chi connectivity index (χ3n) is 3.16. The lowest BCUT2D eigenvalue weighted by Crippen LogP contribution is -2.35. The molecule has 0 saturated heterocycles. The van der Waals surface area contributed by atoms with Gasteiger partial charge in [-0.15, -0.1) is 0 Å². The molecule has 8 heteroatoms. The number of hydrogen-bond donors (Lipinski definition) is 0. The Morgan fingerprint density at radius 2 is 1.65 bits per heavy atom. The highest BCUT2D eigenvalue weighted by atomic mass is 16.6. The van der Waals surface area contributed by atoms with Crippen molar-refractivity contribution in [3.8, 4) is 0 Å². The third kappa shape index (κ3) is 8.27. The lowest BCUT2D eigenvalue weighted by molar-refractivity contribution is -0.167. The largest absolute Gasteiger partial charge is 0.459 e. The van der Waals surface area contributed by atoms with Crippen LogP contribution in [0, 0.1) is 0 Å². The highest BCUT2D eigenvalue weighted by molar-refractivity contribution is 5.86. The summed E-state index contributed by atoms with van der Waals surface area (Å²) in [5.41, 5.74) is 0. The predicted molar refractivity (Wildman–Crippen MR) is 89.4 cm³/mol. The molecular formula is C18H22O8. The van der Waals surface area contributed by atoms with E-state index in [9.17, 15) is 19.2 Å². The van der Waals surface area contributed by atoms with Crippen molar-refractivity contribution in [2.75, 3.05) is 0 Å². The minimum atomic E-state index is -0.803. The second kappa shape index (κ2) is 10.2. The van der Waals surface area contributed by atoms with E-state index in [0.717, 1.165) is 0 Å². The van der Waals surface area contributed by atoms with Crippen molar-refractivity contribution in [3.05, 3.63) is 36.1 Å². The van der Waals surface area contributed by atoms with Crippen molar-refractivity contribution in [2.24, 2.45) is 0 Å². The molecule has 0 aromatic heterocycles. The molecule has 0 unspecified atom stereocenters. The molecule has 0 saturated carbocycles. The Balaban J connectivity index is 2.85. The molecule has 142 valence electrons. The molecule has 8 nitrogen and oxygen atoms in total. The average Bonchev–Trinajstić information content (AvgIpc) is 2.90. The van der Waals surface area contributed by atoms with Crippen molar-refractivity contribution in [1.82, 2.24) is 0 Å². The fraction of sp³-hybridized carbons (Fsp3) is 0.444. The van der Waals surface area contributed by atoms with Crippen LogP contribution in [-0.4, -0.2) is 42.2 Å². The van der Waals surface area contributed by atoms with E-state index < -0.39 is 42.2 Å². The number of carbonyl (C=O) groups is 4. The highest BCUT2D eigenvalue weighted by Crippen LogP contribution is 2.16. The van der Waals surface area contributed by atoms with E-state index in [1.165, 1.54) is 39.0 Å². The Morgan fingerprint density at radius 1 is 1.04 bits per heavy atom. The number of cyclic esters (lactones) is 1. The molecule has 0 N–H and O–H groups in total. The van der Waals surface area contributed by atoms with Gasteiger partial charge < -0.3 is 18.9 Å². The summed E-state index contributed by atoms with van der Waals surface area (Å²) in [5.74, 6) is -1.72. The van der Waals surface area contributed by atoms with Gasteiger partial charge in [0.05, 0.1) is 0 Å². The normalized spacial score (nSPS) is 18.3. The van der Waals surface area contributed by atoms with E-state index in [0.29, 0.717) is 5.76 Å². The maximum atomic E-state index is 11.3. The van der Waals surface area contributed by atoms with Gasteiger partial charge in [-0.1, -0.05) is 6.08 Å². The monoisotopic (exact) mass is 366 g/mol. The summed E-state index contributed by atoms with van der Waals surface area (Å²) >= 11 is 0. The molecule has 0 fully saturated rings. The maximum absolute atomic E-state index is 11.3. The van der Waals surface area contributed by atoms with Crippen LogP contribution in [0.15, 0.2) is 36.1 Å². The van der Waals surface area contributed by atoms with Crippen LogP contribution < -0.4 is 0 Å². The Hall–Kier alpha value is -2.90. The fourth-order valence-electron chi connectivity index (χ4n) is 2.19. The fourth-order valence-corrected chi connectivity index (χ4v) is 2.19. The molecule has 1 heterocycles. The summed E-state index contributed by atoms with van der Waals surface area (Å²) in [6.07, 6.45) is 5.21. The molecule has 0 bridgehead atoms. The number of ether oxygens (including phenoxy) is 4. The van der Waals surface area contributed by atoms with E-state index in [-0.39, 0.29) is 6.42 Å². The molecule has 26 heavy (non-hydrogen) atoms. The smallest absolute Gasteiger partial charge is 0.336 e. The van der Waals surface area contributed by atoms with Gasteiger partial charge in [0.1, 0.15) is 24.1 Å². The first kappa shape index (κ1) is 21.1. The SMILES string of the molecule is CC(=O)O[C@H](/C=C\C=C1/C=CC(=O)O1)C[C@@H](OC(C)=O)[C@H](C)OC(C)=O. The van der Waals surface area contributed by atoms with Crippen LogP contribution in [0.3, 0.4) is 0 Å². The maximum Gasteiger partial charge on any atom is 0.336 e. The van der Waals surface area contributed by atoms with Crippen molar-refractivity contribution in [3.63, 3.8) is 0 Å². The minimum Gasteiger partial charge on any atom is -0.459 e. The number of esters is 4. The van der Waals surface area contributed by atoms with Gasteiger partial charge in [-0.2, -0.15) is 0 Å². The van der Waals surface area contributed by atoms with Gasteiger partial charge in [-0.25, -0.2) is 4.79 Å². The molecule has 0 radical (unpaired) electrons. The van der Waals surface area contributed by atoms with Gasteiger partial charge in [0.25, 0.3) is 0 Å². The molecule has 3 atom stereocenters. The van der Waals surface area contributed by atoms with Crippen molar-refractivity contribution < 1.29 is 38.1 Å². The number of carbonyl (C=O) groups excluding carboxylic acids is 4. The van der Waals surface area contributed by atoms with E-state index in [1.807, 2.05) is 0 Å². The quantitative estimate of drug-likeness (QED) is 0.472. The average molecular weight is 366 g/mol. The molecule has 0 aliphatic carbocycles. The zero-order valence-electron chi connectivity index (χ0n) is 15.1. The second-order valence-corrected chi connectivity index (χ2v) is 5.55. The molecular weight excluding hydrogens is 344 g/mol. The van der Waals surface area contributed by atoms with Gasteiger partial charge in [-0.05, 0) is 25.2 Å². The lowest BCUT2D eigenvalue weighted by Gasteiger charge is -2.26. The number of rotatable bonds is 8. The molecule has 1 aliphatic heterocycles. The van der Waals surface area contributed by atoms with E-state index in [4.69, 9.17) is 18.9 Å². The third-order valence-corrected chi connectivity index (χ3v) is 3.16. The summed E-state index contributed by atoms with van der Waals surface area (Å²) in [6.45, 7) is 5.30. The second-order valence-electron chi connectivity index (χ2n) is 5.55. The first-order valence-corrected chi connectivity index (χ1v) is 7.97. The van der Waals surface area contributed by atoms with Crippen LogP contribution in [-0.2, 0) is 38.1 Å². The predicted octanol–water partition coefficient (Wildman–Crippen LogP) is 1.74. The zero-order chi connectivity index (χ0) is 19.7. The zero-order valence-corrected chi connectivity index (χ0v) is 15.1. The molecule has 0 aromatic carbocycles. The Bertz CT molecular complexity index is 644. The van der Waals surface area contributed by atoms with Crippen molar-refractivity contribution in [2.45, 2.75) is 52.4 Å². The molecule has 0 spiro atoms. The Morgan fingerprint density at radius 3 is 2.15 bits per heavy atom. The van der Waals surface area contributed by atoms with E-state index >= 15 is 0 Å². The molecule has 1 aliphatic rings. The van der Waals surface area contributed by atoms with Crippen LogP contribution in [0.2, 0.25) is 0 Å². The van der Waals surface area contributed by atoms with Crippen LogP contribution in [0.4, 0.5) is 0 Å². The number of allylic oxidation sites excluding steroid dienone is 3. The first-order chi connectivity index (χ1) is 12.2. The molecule has 1 rings (SSSR count). The Labute approximate surface area is 151 Å². The summed E-state index contributed by atoms with van der Waals surface area (Å²) in [5, 5.41) is 0. The molecule has 0 amide bonds. The summed E-state index contributed by atoms with van der Waals surface area (Å²) in [4.78, 5) is 44.7. The topological polar surface area (TPSA) is 105 Å². The minimum absolute atomic E-state index is 0.0862. The highest BCUT2D eigenvalue weighted by Gasteiger charge is 2.27. The van der Waals surface area contributed by atoms with E-state index in [2.05, 4.69) is 0 Å². The van der Waals surface area contributed by atoms with Crippen LogP contribution >= 0.6 is 0 Å².